The maximum absolute atomic E-state index is 9.26. The van der Waals surface area contributed by atoms with E-state index in [0.29, 0.717) is 5.92 Å². The zero-order valence-electron chi connectivity index (χ0n) is 10.2. The van der Waals surface area contributed by atoms with Gasteiger partial charge in [-0.05, 0) is 23.6 Å². The molecule has 0 saturated heterocycles. The SMILES string of the molecule is CC.CC(C)c1ccc2c(c1)SC=C(O)N2. The average molecular weight is 237 g/mol. The van der Waals surface area contributed by atoms with E-state index >= 15 is 0 Å². The van der Waals surface area contributed by atoms with Crippen molar-refractivity contribution in [2.75, 3.05) is 5.32 Å². The summed E-state index contributed by atoms with van der Waals surface area (Å²) in [6, 6.07) is 6.27. The lowest BCUT2D eigenvalue weighted by Crippen LogP contribution is -2.03. The molecule has 0 radical (unpaired) electrons. The molecule has 2 N–H and O–H groups in total. The van der Waals surface area contributed by atoms with Gasteiger partial charge in [-0.3, -0.25) is 0 Å². The summed E-state index contributed by atoms with van der Waals surface area (Å²) < 4.78 is 0. The molecule has 0 fully saturated rings. The van der Waals surface area contributed by atoms with Crippen molar-refractivity contribution in [3.8, 4) is 0 Å². The molecular formula is C13H19NOS. The van der Waals surface area contributed by atoms with Crippen LogP contribution in [0.15, 0.2) is 34.4 Å². The summed E-state index contributed by atoms with van der Waals surface area (Å²) in [6.45, 7) is 8.35. The average Bonchev–Trinajstić information content (AvgIpc) is 2.30. The van der Waals surface area contributed by atoms with Crippen molar-refractivity contribution in [2.45, 2.75) is 38.5 Å². The third-order valence-electron chi connectivity index (χ3n) is 2.23. The number of aliphatic hydroxyl groups is 1. The van der Waals surface area contributed by atoms with Gasteiger partial charge >= 0.3 is 0 Å². The minimum absolute atomic E-state index is 0.222. The first-order valence-corrected chi connectivity index (χ1v) is 6.51. The van der Waals surface area contributed by atoms with E-state index in [1.54, 1.807) is 17.2 Å². The molecule has 0 aliphatic carbocycles. The highest BCUT2D eigenvalue weighted by atomic mass is 32.2. The monoisotopic (exact) mass is 237 g/mol. The van der Waals surface area contributed by atoms with Crippen LogP contribution < -0.4 is 5.32 Å². The molecule has 1 aromatic rings. The molecule has 0 spiro atoms. The van der Waals surface area contributed by atoms with Gasteiger partial charge in [-0.1, -0.05) is 45.5 Å². The molecule has 1 aliphatic rings. The lowest BCUT2D eigenvalue weighted by atomic mass is 10.0. The van der Waals surface area contributed by atoms with Crippen LogP contribution in [0.1, 0.15) is 39.2 Å². The fourth-order valence-corrected chi connectivity index (χ4v) is 2.13. The molecule has 0 amide bonds. The predicted molar refractivity (Wildman–Crippen MR) is 72.1 cm³/mol. The fourth-order valence-electron chi connectivity index (χ4n) is 1.39. The Labute approximate surface area is 102 Å². The van der Waals surface area contributed by atoms with E-state index in [1.165, 1.54) is 10.5 Å². The topological polar surface area (TPSA) is 32.3 Å². The van der Waals surface area contributed by atoms with E-state index in [1.807, 2.05) is 19.9 Å². The van der Waals surface area contributed by atoms with Crippen molar-refractivity contribution in [1.29, 1.82) is 0 Å². The predicted octanol–water partition coefficient (Wildman–Crippen LogP) is 4.71. The minimum Gasteiger partial charge on any atom is -0.494 e. The number of hydrogen-bond donors (Lipinski definition) is 2. The van der Waals surface area contributed by atoms with Crippen LogP contribution in [0.3, 0.4) is 0 Å². The van der Waals surface area contributed by atoms with Crippen molar-refractivity contribution >= 4 is 17.4 Å². The number of hydrogen-bond acceptors (Lipinski definition) is 3. The van der Waals surface area contributed by atoms with Gasteiger partial charge in [-0.2, -0.15) is 0 Å². The number of nitrogens with one attached hydrogen (secondary N) is 1. The Balaban J connectivity index is 0.000000606. The highest BCUT2D eigenvalue weighted by molar-refractivity contribution is 8.02. The molecular weight excluding hydrogens is 218 g/mol. The van der Waals surface area contributed by atoms with E-state index in [0.717, 1.165) is 5.69 Å². The normalized spacial score (nSPS) is 13.2. The lowest BCUT2D eigenvalue weighted by Gasteiger charge is -2.16. The van der Waals surface area contributed by atoms with Gasteiger partial charge < -0.3 is 10.4 Å². The van der Waals surface area contributed by atoms with E-state index < -0.39 is 0 Å². The number of anilines is 1. The standard InChI is InChI=1S/C11H13NOS.C2H6/c1-7(2)8-3-4-9-10(5-8)14-6-11(13)12-9;1-2/h3-7,12-13H,1-2H3;1-2H3. The van der Waals surface area contributed by atoms with Gasteiger partial charge in [0.15, 0.2) is 5.88 Å². The molecule has 0 unspecified atom stereocenters. The molecule has 88 valence electrons. The smallest absolute Gasteiger partial charge is 0.195 e. The summed E-state index contributed by atoms with van der Waals surface area (Å²) in [4.78, 5) is 1.18. The first-order valence-electron chi connectivity index (χ1n) is 5.63. The van der Waals surface area contributed by atoms with Crippen LogP contribution in [-0.2, 0) is 0 Å². The van der Waals surface area contributed by atoms with Crippen LogP contribution in [0.25, 0.3) is 0 Å². The fraction of sp³-hybridized carbons (Fsp3) is 0.385. The Morgan fingerprint density at radius 2 is 1.94 bits per heavy atom. The third-order valence-corrected chi connectivity index (χ3v) is 3.17. The molecule has 16 heavy (non-hydrogen) atoms. The molecule has 1 aliphatic heterocycles. The largest absolute Gasteiger partial charge is 0.494 e. The molecule has 2 rings (SSSR count). The number of thioether (sulfide) groups is 1. The molecule has 2 nitrogen and oxygen atoms in total. The number of aliphatic hydroxyl groups excluding tert-OH is 1. The molecule has 0 aromatic heterocycles. The Morgan fingerprint density at radius 1 is 1.25 bits per heavy atom. The number of rotatable bonds is 1. The summed E-state index contributed by atoms with van der Waals surface area (Å²) in [5.74, 6) is 0.764. The minimum atomic E-state index is 0.222. The second-order valence-corrected chi connectivity index (χ2v) is 4.57. The Morgan fingerprint density at radius 3 is 2.56 bits per heavy atom. The van der Waals surface area contributed by atoms with E-state index in [-0.39, 0.29) is 5.88 Å². The Bertz CT molecular complexity index is 386. The van der Waals surface area contributed by atoms with Crippen LogP contribution in [-0.4, -0.2) is 5.11 Å². The Kier molecular flexibility index (Phi) is 4.74. The van der Waals surface area contributed by atoms with Crippen molar-refractivity contribution in [3.63, 3.8) is 0 Å². The second kappa shape index (κ2) is 5.85. The quantitative estimate of drug-likeness (QED) is 0.742. The summed E-state index contributed by atoms with van der Waals surface area (Å²) in [5, 5.41) is 13.9. The zero-order valence-corrected chi connectivity index (χ0v) is 11.1. The van der Waals surface area contributed by atoms with Gasteiger partial charge in [0.05, 0.1) is 5.69 Å². The van der Waals surface area contributed by atoms with Gasteiger partial charge in [0.1, 0.15) is 0 Å². The molecule has 0 atom stereocenters. The Hall–Kier alpha value is -1.09. The molecule has 1 heterocycles. The molecule has 3 heteroatoms. The maximum atomic E-state index is 9.26. The number of benzene rings is 1. The van der Waals surface area contributed by atoms with Gasteiger partial charge in [0, 0.05) is 10.3 Å². The summed E-state index contributed by atoms with van der Waals surface area (Å²) in [7, 11) is 0. The van der Waals surface area contributed by atoms with Gasteiger partial charge in [0.2, 0.25) is 0 Å². The molecule has 0 saturated carbocycles. The van der Waals surface area contributed by atoms with Crippen LogP contribution in [0, 0.1) is 0 Å². The number of fused-ring (bicyclic) bond motifs is 1. The first-order chi connectivity index (χ1) is 7.66. The van der Waals surface area contributed by atoms with E-state index in [4.69, 9.17) is 0 Å². The maximum Gasteiger partial charge on any atom is 0.195 e. The van der Waals surface area contributed by atoms with Crippen molar-refractivity contribution in [1.82, 2.24) is 0 Å². The van der Waals surface area contributed by atoms with Crippen molar-refractivity contribution < 1.29 is 5.11 Å². The van der Waals surface area contributed by atoms with E-state index in [2.05, 4.69) is 31.3 Å². The van der Waals surface area contributed by atoms with Crippen LogP contribution in [0.4, 0.5) is 5.69 Å². The van der Waals surface area contributed by atoms with Crippen LogP contribution in [0.2, 0.25) is 0 Å². The second-order valence-electron chi connectivity index (χ2n) is 3.66. The van der Waals surface area contributed by atoms with Crippen LogP contribution >= 0.6 is 11.8 Å². The summed E-state index contributed by atoms with van der Waals surface area (Å²) in [6.07, 6.45) is 0. The van der Waals surface area contributed by atoms with Gasteiger partial charge in [-0.15, -0.1) is 0 Å². The first kappa shape index (κ1) is 13.0. The molecule has 1 aromatic carbocycles. The highest BCUT2D eigenvalue weighted by Crippen LogP contribution is 2.35. The van der Waals surface area contributed by atoms with Crippen molar-refractivity contribution in [3.05, 3.63) is 35.1 Å². The highest BCUT2D eigenvalue weighted by Gasteiger charge is 2.11. The van der Waals surface area contributed by atoms with E-state index in [9.17, 15) is 5.11 Å². The third kappa shape index (κ3) is 2.95. The van der Waals surface area contributed by atoms with Gasteiger partial charge in [0.25, 0.3) is 0 Å². The summed E-state index contributed by atoms with van der Waals surface area (Å²) in [5.41, 5.74) is 2.31. The van der Waals surface area contributed by atoms with Gasteiger partial charge in [-0.25, -0.2) is 0 Å². The van der Waals surface area contributed by atoms with Crippen molar-refractivity contribution in [2.24, 2.45) is 0 Å². The molecule has 0 bridgehead atoms. The summed E-state index contributed by atoms with van der Waals surface area (Å²) >= 11 is 1.55. The van der Waals surface area contributed by atoms with Crippen LogP contribution in [0.5, 0.6) is 0 Å². The zero-order chi connectivity index (χ0) is 12.1. The lowest BCUT2D eigenvalue weighted by molar-refractivity contribution is 0.420.